The molecule has 0 bridgehead atoms. The topological polar surface area (TPSA) is 96.3 Å². The summed E-state index contributed by atoms with van der Waals surface area (Å²) in [6, 6.07) is 12.4. The van der Waals surface area contributed by atoms with Crippen LogP contribution in [-0.2, 0) is 17.9 Å². The fourth-order valence-corrected chi connectivity index (χ4v) is 2.78. The third-order valence-corrected chi connectivity index (χ3v) is 4.01. The molecule has 3 amide bonds. The Hall–Kier alpha value is -3.19. The van der Waals surface area contributed by atoms with Gasteiger partial charge in [-0.15, -0.1) is 0 Å². The molecule has 3 aromatic rings. The lowest BCUT2D eigenvalue weighted by Gasteiger charge is -2.04. The van der Waals surface area contributed by atoms with E-state index in [0.717, 1.165) is 12.1 Å². The lowest BCUT2D eigenvalue weighted by atomic mass is 10.2. The second-order valence-corrected chi connectivity index (χ2v) is 5.86. The van der Waals surface area contributed by atoms with E-state index in [0.29, 0.717) is 23.4 Å². The second kappa shape index (κ2) is 6.37. The summed E-state index contributed by atoms with van der Waals surface area (Å²) in [5.41, 5.74) is 3.42. The van der Waals surface area contributed by atoms with Crippen LogP contribution in [0.25, 0.3) is 11.1 Å². The van der Waals surface area contributed by atoms with Gasteiger partial charge in [-0.05, 0) is 17.2 Å². The maximum absolute atomic E-state index is 11.7. The predicted octanol–water partition coefficient (Wildman–Crippen LogP) is 2.00. The maximum atomic E-state index is 11.7. The fourth-order valence-electron chi connectivity index (χ4n) is 2.78. The van der Waals surface area contributed by atoms with Crippen molar-refractivity contribution in [3.63, 3.8) is 0 Å². The standard InChI is InChI=1S/C18H16N4O3/c23-17-16(21-18(24)22-17)15-7-13-14(25-15)6-12(10-20-13)9-19-8-11-4-2-1-3-5-11/h1-7,10,16,19H,8-9H2,(H2,21,22,23,24)/t16-/m1/s1. The van der Waals surface area contributed by atoms with Gasteiger partial charge in [0.05, 0.1) is 0 Å². The molecule has 1 saturated heterocycles. The van der Waals surface area contributed by atoms with Gasteiger partial charge < -0.3 is 15.1 Å². The molecule has 0 saturated carbocycles. The zero-order valence-corrected chi connectivity index (χ0v) is 13.3. The number of amides is 3. The number of carbonyl (C=O) groups is 2. The minimum atomic E-state index is -0.804. The highest BCUT2D eigenvalue weighted by Crippen LogP contribution is 2.25. The molecular formula is C18H16N4O3. The van der Waals surface area contributed by atoms with Gasteiger partial charge in [0.1, 0.15) is 11.3 Å². The summed E-state index contributed by atoms with van der Waals surface area (Å²) in [4.78, 5) is 27.3. The van der Waals surface area contributed by atoms with Gasteiger partial charge in [-0.3, -0.25) is 15.1 Å². The van der Waals surface area contributed by atoms with Gasteiger partial charge in [-0.1, -0.05) is 30.3 Å². The highest BCUT2D eigenvalue weighted by atomic mass is 16.3. The van der Waals surface area contributed by atoms with E-state index in [2.05, 4.69) is 33.1 Å². The average Bonchev–Trinajstić information content (AvgIpc) is 3.17. The molecule has 0 radical (unpaired) electrons. The summed E-state index contributed by atoms with van der Waals surface area (Å²) in [6.45, 7) is 1.41. The van der Waals surface area contributed by atoms with Crippen LogP contribution in [0.15, 0.2) is 53.1 Å². The first-order chi connectivity index (χ1) is 12.2. The Labute approximate surface area is 143 Å². The minimum absolute atomic E-state index is 0.375. The lowest BCUT2D eigenvalue weighted by Crippen LogP contribution is -2.22. The summed E-state index contributed by atoms with van der Waals surface area (Å²) >= 11 is 0. The molecule has 1 atom stereocenters. The molecule has 3 heterocycles. The summed E-state index contributed by atoms with van der Waals surface area (Å²) in [7, 11) is 0. The van der Waals surface area contributed by atoms with Crippen LogP contribution in [0.2, 0.25) is 0 Å². The van der Waals surface area contributed by atoms with Gasteiger partial charge in [-0.25, -0.2) is 4.79 Å². The zero-order valence-electron chi connectivity index (χ0n) is 13.3. The molecule has 0 unspecified atom stereocenters. The number of pyridine rings is 1. The number of nitrogens with zero attached hydrogens (tertiary/aromatic N) is 1. The minimum Gasteiger partial charge on any atom is -0.457 e. The van der Waals surface area contributed by atoms with E-state index in [-0.39, 0.29) is 0 Å². The van der Waals surface area contributed by atoms with Crippen LogP contribution in [0.5, 0.6) is 0 Å². The molecule has 3 N–H and O–H groups in total. The van der Waals surface area contributed by atoms with Crippen molar-refractivity contribution >= 4 is 23.0 Å². The van der Waals surface area contributed by atoms with E-state index in [1.807, 2.05) is 24.3 Å². The number of hydrogen-bond donors (Lipinski definition) is 3. The van der Waals surface area contributed by atoms with Crippen molar-refractivity contribution in [2.24, 2.45) is 0 Å². The molecule has 4 rings (SSSR count). The van der Waals surface area contributed by atoms with Crippen LogP contribution in [0.4, 0.5) is 4.79 Å². The molecule has 1 aromatic carbocycles. The molecular weight excluding hydrogens is 320 g/mol. The Morgan fingerprint density at radius 3 is 2.64 bits per heavy atom. The molecule has 0 spiro atoms. The van der Waals surface area contributed by atoms with Crippen molar-refractivity contribution in [2.75, 3.05) is 0 Å². The van der Waals surface area contributed by atoms with Gasteiger partial charge in [0.25, 0.3) is 5.91 Å². The Morgan fingerprint density at radius 1 is 1.08 bits per heavy atom. The number of rotatable bonds is 5. The Kier molecular flexibility index (Phi) is 3.91. The first-order valence-corrected chi connectivity index (χ1v) is 7.93. The van der Waals surface area contributed by atoms with Gasteiger partial charge in [-0.2, -0.15) is 0 Å². The van der Waals surface area contributed by atoms with Gasteiger partial charge >= 0.3 is 6.03 Å². The van der Waals surface area contributed by atoms with Crippen molar-refractivity contribution in [2.45, 2.75) is 19.1 Å². The average molecular weight is 336 g/mol. The first-order valence-electron chi connectivity index (χ1n) is 7.93. The highest BCUT2D eigenvalue weighted by Gasteiger charge is 2.33. The Balaban J connectivity index is 1.47. The third-order valence-electron chi connectivity index (χ3n) is 4.01. The first kappa shape index (κ1) is 15.3. The fraction of sp³-hybridized carbons (Fsp3) is 0.167. The molecule has 0 aliphatic carbocycles. The maximum Gasteiger partial charge on any atom is 0.322 e. The van der Waals surface area contributed by atoms with Crippen molar-refractivity contribution in [1.29, 1.82) is 0 Å². The lowest BCUT2D eigenvalue weighted by molar-refractivity contribution is -0.120. The van der Waals surface area contributed by atoms with E-state index in [1.54, 1.807) is 12.3 Å². The quantitative estimate of drug-likeness (QED) is 0.619. The Morgan fingerprint density at radius 2 is 1.88 bits per heavy atom. The smallest absolute Gasteiger partial charge is 0.322 e. The second-order valence-electron chi connectivity index (χ2n) is 5.86. The molecule has 1 aliphatic heterocycles. The molecule has 7 nitrogen and oxygen atoms in total. The summed E-state index contributed by atoms with van der Waals surface area (Å²) in [6.07, 6.45) is 1.77. The van der Waals surface area contributed by atoms with Crippen LogP contribution in [0.1, 0.15) is 22.9 Å². The van der Waals surface area contributed by atoms with Crippen molar-refractivity contribution in [3.8, 4) is 0 Å². The number of nitrogens with one attached hydrogen (secondary N) is 3. The van der Waals surface area contributed by atoms with Crippen LogP contribution < -0.4 is 16.0 Å². The monoisotopic (exact) mass is 336 g/mol. The number of furan rings is 1. The van der Waals surface area contributed by atoms with Crippen molar-refractivity contribution < 1.29 is 14.0 Å². The zero-order chi connectivity index (χ0) is 17.2. The number of benzene rings is 1. The summed E-state index contributed by atoms with van der Waals surface area (Å²) < 4.78 is 5.71. The van der Waals surface area contributed by atoms with E-state index >= 15 is 0 Å². The molecule has 126 valence electrons. The molecule has 1 aliphatic rings. The summed E-state index contributed by atoms with van der Waals surface area (Å²) in [5.74, 6) is -0.0472. The van der Waals surface area contributed by atoms with Gasteiger partial charge in [0, 0.05) is 25.4 Å². The van der Waals surface area contributed by atoms with E-state index < -0.39 is 18.0 Å². The number of hydrogen-bond acceptors (Lipinski definition) is 5. The number of carbonyl (C=O) groups excluding carboxylic acids is 2. The van der Waals surface area contributed by atoms with Gasteiger partial charge in [0.2, 0.25) is 0 Å². The van der Waals surface area contributed by atoms with Crippen LogP contribution >= 0.6 is 0 Å². The molecule has 25 heavy (non-hydrogen) atoms. The normalized spacial score (nSPS) is 16.9. The molecule has 2 aromatic heterocycles. The summed E-state index contributed by atoms with van der Waals surface area (Å²) in [5, 5.41) is 8.05. The molecule has 1 fully saturated rings. The highest BCUT2D eigenvalue weighted by molar-refractivity contribution is 6.04. The largest absolute Gasteiger partial charge is 0.457 e. The molecule has 7 heteroatoms. The number of aromatic nitrogens is 1. The predicted molar refractivity (Wildman–Crippen MR) is 90.4 cm³/mol. The van der Waals surface area contributed by atoms with Crippen molar-refractivity contribution in [1.82, 2.24) is 20.9 Å². The van der Waals surface area contributed by atoms with Crippen LogP contribution in [0.3, 0.4) is 0 Å². The third kappa shape index (κ3) is 3.22. The number of fused-ring (bicyclic) bond motifs is 1. The van der Waals surface area contributed by atoms with Crippen molar-refractivity contribution in [3.05, 3.63) is 65.5 Å². The van der Waals surface area contributed by atoms with Gasteiger partial charge in [0.15, 0.2) is 11.6 Å². The van der Waals surface area contributed by atoms with Crippen LogP contribution in [0, 0.1) is 0 Å². The SMILES string of the molecule is O=C1NC(=O)[C@@H](c2cc3ncc(CNCc4ccccc4)cc3o2)N1. The number of urea groups is 1. The number of imide groups is 1. The Bertz CT molecular complexity index is 936. The van der Waals surface area contributed by atoms with Crippen LogP contribution in [-0.4, -0.2) is 16.9 Å². The van der Waals surface area contributed by atoms with E-state index in [9.17, 15) is 9.59 Å². The van der Waals surface area contributed by atoms with E-state index in [4.69, 9.17) is 4.42 Å². The van der Waals surface area contributed by atoms with E-state index in [1.165, 1.54) is 5.56 Å².